The second-order valence-electron chi connectivity index (χ2n) is 4.87. The van der Waals surface area contributed by atoms with Crippen molar-refractivity contribution in [3.8, 4) is 0 Å². The van der Waals surface area contributed by atoms with Crippen molar-refractivity contribution in [2.24, 2.45) is 0 Å². The van der Waals surface area contributed by atoms with Crippen LogP contribution in [0.15, 0.2) is 41.7 Å². The fourth-order valence-corrected chi connectivity index (χ4v) is 2.96. The van der Waals surface area contributed by atoms with E-state index in [-0.39, 0.29) is 0 Å². The fraction of sp³-hybridized carbons (Fsp3) is 0.267. The number of aliphatic carboxylic acids is 1. The molecule has 1 N–H and O–H groups in total. The predicted octanol–water partition coefficient (Wildman–Crippen LogP) is 2.21. The zero-order valence-electron chi connectivity index (χ0n) is 11.6. The maximum atomic E-state index is 11.6. The molecular weight excluding hydrogens is 286 g/mol. The van der Waals surface area contributed by atoms with Gasteiger partial charge in [-0.15, -0.1) is 11.8 Å². The lowest BCUT2D eigenvalue weighted by Crippen LogP contribution is -2.46. The van der Waals surface area contributed by atoms with Gasteiger partial charge >= 0.3 is 5.97 Å². The maximum absolute atomic E-state index is 11.6. The molecule has 6 heteroatoms. The summed E-state index contributed by atoms with van der Waals surface area (Å²) in [4.78, 5) is 21.9. The highest BCUT2D eigenvalue weighted by Gasteiger charge is 2.32. The van der Waals surface area contributed by atoms with Crippen LogP contribution >= 0.6 is 11.8 Å². The summed E-state index contributed by atoms with van der Waals surface area (Å²) < 4.78 is 0. The summed E-state index contributed by atoms with van der Waals surface area (Å²) in [7, 11) is 0. The zero-order valence-corrected chi connectivity index (χ0v) is 12.4. The van der Waals surface area contributed by atoms with E-state index < -0.39 is 12.0 Å². The van der Waals surface area contributed by atoms with Crippen molar-refractivity contribution in [1.82, 2.24) is 9.97 Å². The molecular formula is C15H15N3O2S. The number of carboxylic acids is 1. The number of aromatic nitrogens is 2. The summed E-state index contributed by atoms with van der Waals surface area (Å²) in [5, 5.41) is 10.4. The number of rotatable bonds is 3. The summed E-state index contributed by atoms with van der Waals surface area (Å²) in [5.41, 5.74) is 2.25. The Morgan fingerprint density at radius 3 is 2.81 bits per heavy atom. The summed E-state index contributed by atoms with van der Waals surface area (Å²) in [6.07, 6.45) is 3.91. The Hall–Kier alpha value is -2.08. The van der Waals surface area contributed by atoms with E-state index in [1.807, 2.05) is 41.5 Å². The van der Waals surface area contributed by atoms with E-state index in [4.69, 9.17) is 0 Å². The molecule has 0 amide bonds. The number of carbonyl (C=O) groups is 1. The molecule has 0 radical (unpaired) electrons. The third kappa shape index (κ3) is 2.71. The van der Waals surface area contributed by atoms with Crippen molar-refractivity contribution in [3.63, 3.8) is 0 Å². The van der Waals surface area contributed by atoms with Gasteiger partial charge < -0.3 is 10.0 Å². The van der Waals surface area contributed by atoms with Gasteiger partial charge in [-0.25, -0.2) is 14.8 Å². The third-order valence-electron chi connectivity index (χ3n) is 3.66. The topological polar surface area (TPSA) is 66.3 Å². The normalized spacial score (nSPS) is 17.4. The van der Waals surface area contributed by atoms with Crippen molar-refractivity contribution in [2.45, 2.75) is 24.0 Å². The van der Waals surface area contributed by atoms with Crippen molar-refractivity contribution >= 4 is 23.5 Å². The van der Waals surface area contributed by atoms with Crippen LogP contribution in [-0.4, -0.2) is 33.3 Å². The summed E-state index contributed by atoms with van der Waals surface area (Å²) >= 11 is 1.52. The highest BCUT2D eigenvalue weighted by molar-refractivity contribution is 7.98. The maximum Gasteiger partial charge on any atom is 0.326 e. The van der Waals surface area contributed by atoms with E-state index in [9.17, 15) is 9.90 Å². The first-order valence-corrected chi connectivity index (χ1v) is 7.84. The molecule has 1 atom stereocenters. The molecule has 108 valence electrons. The second-order valence-corrected chi connectivity index (χ2v) is 5.70. The Bertz CT molecular complexity index is 677. The van der Waals surface area contributed by atoms with Gasteiger partial charge in [0.2, 0.25) is 0 Å². The van der Waals surface area contributed by atoms with Crippen LogP contribution in [0.5, 0.6) is 0 Å². The lowest BCUT2D eigenvalue weighted by atomic mass is 9.94. The summed E-state index contributed by atoms with van der Waals surface area (Å²) in [6.45, 7) is 0.554. The highest BCUT2D eigenvalue weighted by Crippen LogP contribution is 2.28. The van der Waals surface area contributed by atoms with Gasteiger partial charge in [-0.3, -0.25) is 0 Å². The molecule has 0 aliphatic carbocycles. The second kappa shape index (κ2) is 5.73. The van der Waals surface area contributed by atoms with E-state index in [1.165, 1.54) is 18.1 Å². The van der Waals surface area contributed by atoms with Crippen LogP contribution in [0, 0.1) is 0 Å². The van der Waals surface area contributed by atoms with E-state index in [0.717, 1.165) is 16.2 Å². The minimum Gasteiger partial charge on any atom is -0.480 e. The average molecular weight is 301 g/mol. The smallest absolute Gasteiger partial charge is 0.326 e. The largest absolute Gasteiger partial charge is 0.480 e. The minimum absolute atomic E-state index is 0.490. The SMILES string of the molecule is CSc1cc(N2Cc3ccccc3CC2C(=O)O)ncn1. The summed E-state index contributed by atoms with van der Waals surface area (Å²) in [5.74, 6) is -0.162. The number of fused-ring (bicyclic) bond motifs is 1. The zero-order chi connectivity index (χ0) is 14.8. The number of anilines is 1. The monoisotopic (exact) mass is 301 g/mol. The van der Waals surface area contributed by atoms with Crippen molar-refractivity contribution in [2.75, 3.05) is 11.2 Å². The summed E-state index contributed by atoms with van der Waals surface area (Å²) in [6, 6.07) is 9.21. The van der Waals surface area contributed by atoms with Gasteiger partial charge in [-0.1, -0.05) is 24.3 Å². The minimum atomic E-state index is -0.825. The Morgan fingerprint density at radius 1 is 1.33 bits per heavy atom. The van der Waals surface area contributed by atoms with Crippen LogP contribution in [0.3, 0.4) is 0 Å². The molecule has 0 saturated heterocycles. The quantitative estimate of drug-likeness (QED) is 0.692. The van der Waals surface area contributed by atoms with Crippen LogP contribution < -0.4 is 4.90 Å². The molecule has 1 aromatic heterocycles. The Labute approximate surface area is 127 Å². The van der Waals surface area contributed by atoms with Crippen molar-refractivity contribution in [3.05, 3.63) is 47.8 Å². The van der Waals surface area contributed by atoms with Crippen LogP contribution in [0.4, 0.5) is 5.82 Å². The molecule has 1 unspecified atom stereocenters. The van der Waals surface area contributed by atoms with Crippen LogP contribution in [0.25, 0.3) is 0 Å². The molecule has 5 nitrogen and oxygen atoms in total. The van der Waals surface area contributed by atoms with Gasteiger partial charge in [0.05, 0.1) is 0 Å². The van der Waals surface area contributed by atoms with Crippen LogP contribution in [0.2, 0.25) is 0 Å². The number of hydrogen-bond donors (Lipinski definition) is 1. The predicted molar refractivity (Wildman–Crippen MR) is 81.6 cm³/mol. The number of hydrogen-bond acceptors (Lipinski definition) is 5. The first kappa shape index (κ1) is 13.9. The first-order valence-electron chi connectivity index (χ1n) is 6.61. The standard InChI is InChI=1S/C15H15N3O2S/c1-21-14-7-13(16-9-17-14)18-8-11-5-3-2-4-10(11)6-12(18)15(19)20/h2-5,7,9,12H,6,8H2,1H3,(H,19,20). The average Bonchev–Trinajstić information content (AvgIpc) is 2.53. The molecule has 1 aliphatic heterocycles. The number of thioether (sulfide) groups is 1. The molecule has 2 aromatic rings. The lowest BCUT2D eigenvalue weighted by molar-refractivity contribution is -0.138. The van der Waals surface area contributed by atoms with E-state index in [0.29, 0.717) is 18.8 Å². The molecule has 1 aromatic carbocycles. The molecule has 1 aliphatic rings. The lowest BCUT2D eigenvalue weighted by Gasteiger charge is -2.35. The molecule has 0 bridgehead atoms. The van der Waals surface area contributed by atoms with Gasteiger partial charge in [-0.2, -0.15) is 0 Å². The van der Waals surface area contributed by atoms with Crippen molar-refractivity contribution < 1.29 is 9.90 Å². The van der Waals surface area contributed by atoms with Crippen molar-refractivity contribution in [1.29, 1.82) is 0 Å². The number of nitrogens with zero attached hydrogens (tertiary/aromatic N) is 3. The first-order chi connectivity index (χ1) is 10.2. The Morgan fingerprint density at radius 2 is 2.10 bits per heavy atom. The van der Waals surface area contributed by atoms with Gasteiger partial charge in [-0.05, 0) is 17.4 Å². The van der Waals surface area contributed by atoms with Gasteiger partial charge in [0.15, 0.2) is 0 Å². The molecule has 2 heterocycles. The van der Waals surface area contributed by atoms with Gasteiger partial charge in [0.1, 0.15) is 23.2 Å². The van der Waals surface area contributed by atoms with Crippen LogP contribution in [-0.2, 0) is 17.8 Å². The van der Waals surface area contributed by atoms with E-state index in [2.05, 4.69) is 9.97 Å². The molecule has 0 saturated carbocycles. The van der Waals surface area contributed by atoms with E-state index >= 15 is 0 Å². The number of benzene rings is 1. The fourth-order valence-electron chi connectivity index (χ4n) is 2.58. The van der Waals surface area contributed by atoms with Crippen LogP contribution in [0.1, 0.15) is 11.1 Å². The molecule has 0 fully saturated rings. The van der Waals surface area contributed by atoms with Gasteiger partial charge in [0, 0.05) is 19.0 Å². The van der Waals surface area contributed by atoms with Gasteiger partial charge in [0.25, 0.3) is 0 Å². The Balaban J connectivity index is 2.01. The molecule has 21 heavy (non-hydrogen) atoms. The third-order valence-corrected chi connectivity index (χ3v) is 4.31. The molecule has 0 spiro atoms. The van der Waals surface area contributed by atoms with E-state index in [1.54, 1.807) is 0 Å². The number of carboxylic acid groups (broad SMARTS) is 1. The molecule has 3 rings (SSSR count). The highest BCUT2D eigenvalue weighted by atomic mass is 32.2. The Kier molecular flexibility index (Phi) is 3.79.